The molecule has 0 fully saturated rings. The standard InChI is InChI=1S/C19H19N7OS2/c1-9-5-10(2)16-14(6-9)11(3)20-17(23-16)24-18-21-13(7-15(27)22-18)8-28-19-26-25-12(4)29-19/h5-7H,8H2,1-4H3,(H2,20,21,22,23,24,27). The van der Waals surface area contributed by atoms with Crippen molar-refractivity contribution < 1.29 is 0 Å². The summed E-state index contributed by atoms with van der Waals surface area (Å²) in [6, 6.07) is 5.64. The summed E-state index contributed by atoms with van der Waals surface area (Å²) in [7, 11) is 0. The molecule has 0 atom stereocenters. The lowest BCUT2D eigenvalue weighted by Crippen LogP contribution is -2.13. The number of H-pyrrole nitrogens is 1. The molecule has 3 aromatic heterocycles. The minimum atomic E-state index is -0.240. The number of nitrogens with one attached hydrogen (secondary N) is 2. The SMILES string of the molecule is Cc1cc(C)c2nc(Nc3nc(CSc4nnc(C)s4)cc(=O)[nH]3)nc(C)c2c1. The molecule has 1 aromatic carbocycles. The van der Waals surface area contributed by atoms with E-state index in [2.05, 4.69) is 54.5 Å². The van der Waals surface area contributed by atoms with Crippen LogP contribution in [-0.2, 0) is 5.75 Å². The van der Waals surface area contributed by atoms with Crippen molar-refractivity contribution >= 4 is 45.9 Å². The summed E-state index contributed by atoms with van der Waals surface area (Å²) in [6.07, 6.45) is 0. The van der Waals surface area contributed by atoms with E-state index in [4.69, 9.17) is 0 Å². The fourth-order valence-corrected chi connectivity index (χ4v) is 4.72. The van der Waals surface area contributed by atoms with Crippen LogP contribution in [0.3, 0.4) is 0 Å². The number of thioether (sulfide) groups is 1. The second kappa shape index (κ2) is 7.88. The Morgan fingerprint density at radius 3 is 2.66 bits per heavy atom. The molecule has 0 amide bonds. The van der Waals surface area contributed by atoms with Crippen LogP contribution in [0.25, 0.3) is 10.9 Å². The molecule has 29 heavy (non-hydrogen) atoms. The summed E-state index contributed by atoms with van der Waals surface area (Å²) in [5.74, 6) is 1.23. The molecule has 10 heteroatoms. The Bertz CT molecular complexity index is 1270. The van der Waals surface area contributed by atoms with Gasteiger partial charge in [0, 0.05) is 17.2 Å². The first-order valence-electron chi connectivity index (χ1n) is 8.93. The molecule has 3 heterocycles. The van der Waals surface area contributed by atoms with E-state index in [0.717, 1.165) is 31.5 Å². The van der Waals surface area contributed by atoms with E-state index in [1.807, 2.05) is 20.8 Å². The van der Waals surface area contributed by atoms with Crippen LogP contribution < -0.4 is 10.9 Å². The Balaban J connectivity index is 1.60. The highest BCUT2D eigenvalue weighted by Gasteiger charge is 2.10. The number of hydrogen-bond acceptors (Lipinski definition) is 9. The molecule has 0 saturated heterocycles. The lowest BCUT2D eigenvalue weighted by molar-refractivity contribution is 0.981. The predicted octanol–water partition coefficient (Wildman–Crippen LogP) is 3.83. The highest BCUT2D eigenvalue weighted by Crippen LogP contribution is 2.25. The van der Waals surface area contributed by atoms with Crippen LogP contribution in [0.15, 0.2) is 27.3 Å². The monoisotopic (exact) mass is 425 g/mol. The van der Waals surface area contributed by atoms with E-state index < -0.39 is 0 Å². The summed E-state index contributed by atoms with van der Waals surface area (Å²) in [5.41, 5.74) is 4.39. The molecular weight excluding hydrogens is 406 g/mol. The number of anilines is 2. The van der Waals surface area contributed by atoms with Gasteiger partial charge in [-0.15, -0.1) is 10.2 Å². The van der Waals surface area contributed by atoms with Crippen LogP contribution in [0.2, 0.25) is 0 Å². The number of benzene rings is 1. The van der Waals surface area contributed by atoms with Crippen molar-refractivity contribution in [3.8, 4) is 0 Å². The molecule has 0 aliphatic heterocycles. The zero-order valence-corrected chi connectivity index (χ0v) is 18.0. The van der Waals surface area contributed by atoms with Gasteiger partial charge in [0.1, 0.15) is 5.01 Å². The normalized spacial score (nSPS) is 11.2. The van der Waals surface area contributed by atoms with Crippen LogP contribution in [-0.4, -0.2) is 30.1 Å². The van der Waals surface area contributed by atoms with Gasteiger partial charge in [0.05, 0.1) is 16.9 Å². The third-order valence-electron chi connectivity index (χ3n) is 4.20. The lowest BCUT2D eigenvalue weighted by atomic mass is 10.1. The average molecular weight is 426 g/mol. The molecule has 8 nitrogen and oxygen atoms in total. The van der Waals surface area contributed by atoms with Gasteiger partial charge >= 0.3 is 0 Å². The third kappa shape index (κ3) is 4.43. The predicted molar refractivity (Wildman–Crippen MR) is 116 cm³/mol. The van der Waals surface area contributed by atoms with Crippen molar-refractivity contribution in [2.75, 3.05) is 5.32 Å². The molecule has 4 rings (SSSR count). The second-order valence-corrected chi connectivity index (χ2v) is 9.10. The summed E-state index contributed by atoms with van der Waals surface area (Å²) >= 11 is 3.01. The minimum absolute atomic E-state index is 0.240. The Kier molecular flexibility index (Phi) is 5.29. The molecule has 0 saturated carbocycles. The Labute approximate surface area is 175 Å². The average Bonchev–Trinajstić information content (AvgIpc) is 3.06. The van der Waals surface area contributed by atoms with Crippen LogP contribution in [0, 0.1) is 27.7 Å². The van der Waals surface area contributed by atoms with E-state index in [9.17, 15) is 4.79 Å². The molecule has 0 bridgehead atoms. The second-order valence-electron chi connectivity index (χ2n) is 6.70. The van der Waals surface area contributed by atoms with Gasteiger partial charge in [-0.2, -0.15) is 0 Å². The van der Waals surface area contributed by atoms with E-state index in [1.54, 1.807) is 0 Å². The Morgan fingerprint density at radius 2 is 1.90 bits per heavy atom. The smallest absolute Gasteiger partial charge is 0.252 e. The van der Waals surface area contributed by atoms with Gasteiger partial charge in [-0.1, -0.05) is 34.7 Å². The fourth-order valence-electron chi connectivity index (χ4n) is 3.01. The summed E-state index contributed by atoms with van der Waals surface area (Å²) in [5, 5.41) is 13.0. The molecule has 0 radical (unpaired) electrons. The maximum Gasteiger partial charge on any atom is 0.252 e. The first kappa shape index (κ1) is 19.5. The van der Waals surface area contributed by atoms with Crippen LogP contribution in [0.5, 0.6) is 0 Å². The van der Waals surface area contributed by atoms with E-state index in [1.165, 1.54) is 34.7 Å². The highest BCUT2D eigenvalue weighted by molar-refractivity contribution is 8.00. The maximum absolute atomic E-state index is 12.1. The van der Waals surface area contributed by atoms with Gasteiger partial charge in [-0.05, 0) is 39.3 Å². The number of aromatic nitrogens is 6. The number of rotatable bonds is 5. The quantitative estimate of drug-likeness (QED) is 0.464. The molecule has 0 aliphatic carbocycles. The molecule has 0 unspecified atom stereocenters. The first-order valence-corrected chi connectivity index (χ1v) is 10.7. The van der Waals surface area contributed by atoms with E-state index in [-0.39, 0.29) is 5.56 Å². The minimum Gasteiger partial charge on any atom is -0.294 e. The summed E-state index contributed by atoms with van der Waals surface area (Å²) < 4.78 is 0.846. The zero-order valence-electron chi connectivity index (χ0n) is 16.4. The number of aryl methyl sites for hydroxylation is 4. The van der Waals surface area contributed by atoms with Gasteiger partial charge in [0.15, 0.2) is 4.34 Å². The fraction of sp³-hybridized carbons (Fsp3) is 0.263. The van der Waals surface area contributed by atoms with Crippen molar-refractivity contribution in [3.63, 3.8) is 0 Å². The molecule has 4 aromatic rings. The summed E-state index contributed by atoms with van der Waals surface area (Å²) in [4.78, 5) is 28.4. The Morgan fingerprint density at radius 1 is 1.07 bits per heavy atom. The van der Waals surface area contributed by atoms with Crippen LogP contribution in [0.1, 0.15) is 27.5 Å². The topological polar surface area (TPSA) is 109 Å². The number of nitrogens with zero attached hydrogens (tertiary/aromatic N) is 5. The Hall–Kier alpha value is -2.85. The number of hydrogen-bond donors (Lipinski definition) is 2. The van der Waals surface area contributed by atoms with Gasteiger partial charge in [0.25, 0.3) is 5.56 Å². The maximum atomic E-state index is 12.1. The van der Waals surface area contributed by atoms with Crippen LogP contribution >= 0.6 is 23.1 Å². The summed E-state index contributed by atoms with van der Waals surface area (Å²) in [6.45, 7) is 7.93. The van der Waals surface area contributed by atoms with Crippen molar-refractivity contribution in [1.82, 2.24) is 30.1 Å². The van der Waals surface area contributed by atoms with Gasteiger partial charge in [0.2, 0.25) is 11.9 Å². The van der Waals surface area contributed by atoms with Gasteiger partial charge in [-0.25, -0.2) is 15.0 Å². The van der Waals surface area contributed by atoms with Crippen LogP contribution in [0.4, 0.5) is 11.9 Å². The number of aromatic amines is 1. The zero-order chi connectivity index (χ0) is 20.5. The van der Waals surface area contributed by atoms with E-state index >= 15 is 0 Å². The lowest BCUT2D eigenvalue weighted by Gasteiger charge is -2.10. The first-order chi connectivity index (χ1) is 13.9. The molecule has 0 aliphatic rings. The molecular formula is C19H19N7OS2. The number of fused-ring (bicyclic) bond motifs is 1. The molecule has 0 spiro atoms. The van der Waals surface area contributed by atoms with Crippen molar-refractivity contribution in [1.29, 1.82) is 0 Å². The highest BCUT2D eigenvalue weighted by atomic mass is 32.2. The van der Waals surface area contributed by atoms with Crippen molar-refractivity contribution in [3.05, 3.63) is 56.1 Å². The van der Waals surface area contributed by atoms with E-state index in [0.29, 0.717) is 23.3 Å². The van der Waals surface area contributed by atoms with Gasteiger partial charge < -0.3 is 0 Å². The third-order valence-corrected chi connectivity index (χ3v) is 6.21. The largest absolute Gasteiger partial charge is 0.294 e. The van der Waals surface area contributed by atoms with Crippen molar-refractivity contribution in [2.45, 2.75) is 37.8 Å². The molecule has 2 N–H and O–H groups in total. The van der Waals surface area contributed by atoms with Crippen molar-refractivity contribution in [2.24, 2.45) is 0 Å². The van der Waals surface area contributed by atoms with Gasteiger partial charge in [-0.3, -0.25) is 15.1 Å². The molecule has 148 valence electrons.